The van der Waals surface area contributed by atoms with Gasteiger partial charge in [-0.05, 0) is 24.1 Å². The van der Waals surface area contributed by atoms with E-state index in [4.69, 9.17) is 22.1 Å². The number of hydrogen-bond donors (Lipinski definition) is 2. The molecule has 0 heterocycles. The minimum atomic E-state index is -2.52. The third kappa shape index (κ3) is 5.14. The second-order valence-corrected chi connectivity index (χ2v) is 5.24. The number of anilines is 1. The first-order valence-corrected chi connectivity index (χ1v) is 6.56. The van der Waals surface area contributed by atoms with Crippen molar-refractivity contribution in [3.8, 4) is 5.75 Å². The summed E-state index contributed by atoms with van der Waals surface area (Å²) in [7, 11) is 1.53. The molecule has 0 spiro atoms. The highest BCUT2D eigenvalue weighted by Gasteiger charge is 2.44. The number of alkyl halides is 2. The molecule has 4 nitrogen and oxygen atoms in total. The van der Waals surface area contributed by atoms with Crippen LogP contribution in [0, 0.1) is 5.92 Å². The number of ether oxygens (including phenoxy) is 1. The van der Waals surface area contributed by atoms with E-state index in [9.17, 15) is 8.78 Å². The maximum atomic E-state index is 12.7. The van der Waals surface area contributed by atoms with Gasteiger partial charge in [-0.2, -0.15) is 0 Å². The van der Waals surface area contributed by atoms with E-state index in [0.29, 0.717) is 23.0 Å². The Morgan fingerprint density at radius 2 is 2.19 bits per heavy atom. The van der Waals surface area contributed by atoms with Crippen LogP contribution in [0.1, 0.15) is 12.8 Å². The summed E-state index contributed by atoms with van der Waals surface area (Å²) in [5, 5.41) is 3.31. The fraction of sp³-hybridized carbons (Fsp3) is 0.462. The number of rotatable bonds is 4. The number of halogens is 4. The van der Waals surface area contributed by atoms with Crippen LogP contribution in [0.2, 0.25) is 5.02 Å². The van der Waals surface area contributed by atoms with Gasteiger partial charge in [0.25, 0.3) is 0 Å². The largest absolute Gasteiger partial charge is 0.495 e. The highest BCUT2D eigenvalue weighted by Crippen LogP contribution is 2.42. The number of aliphatic imine (C=N–C) groups is 1. The minimum Gasteiger partial charge on any atom is -0.495 e. The molecule has 2 rings (SSSR count). The highest BCUT2D eigenvalue weighted by atomic mass is 127. The molecule has 0 bridgehead atoms. The second-order valence-electron chi connectivity index (χ2n) is 4.83. The summed E-state index contributed by atoms with van der Waals surface area (Å²) < 4.78 is 30.3. The summed E-state index contributed by atoms with van der Waals surface area (Å²) in [6, 6.07) is 5.09. The molecule has 1 aromatic rings. The van der Waals surface area contributed by atoms with Crippen molar-refractivity contribution in [1.82, 2.24) is 0 Å². The van der Waals surface area contributed by atoms with Gasteiger partial charge in [0.15, 0.2) is 5.96 Å². The molecule has 8 heteroatoms. The van der Waals surface area contributed by atoms with Crippen molar-refractivity contribution in [2.75, 3.05) is 19.0 Å². The van der Waals surface area contributed by atoms with E-state index in [0.717, 1.165) is 0 Å². The lowest BCUT2D eigenvalue weighted by molar-refractivity contribution is -0.107. The van der Waals surface area contributed by atoms with Crippen LogP contribution in [0.4, 0.5) is 14.5 Å². The van der Waals surface area contributed by atoms with E-state index in [1.54, 1.807) is 18.2 Å². The average Bonchev–Trinajstić information content (AvgIpc) is 2.34. The molecule has 3 N–H and O–H groups in total. The maximum Gasteiger partial charge on any atom is 0.248 e. The second kappa shape index (κ2) is 7.44. The predicted octanol–water partition coefficient (Wildman–Crippen LogP) is 3.74. The fourth-order valence-corrected chi connectivity index (χ4v) is 2.33. The molecule has 1 aliphatic rings. The topological polar surface area (TPSA) is 59.6 Å². The molecule has 0 unspecified atom stereocenters. The number of nitrogens with one attached hydrogen (secondary N) is 1. The Balaban J connectivity index is 0.00000220. The number of nitrogens with two attached hydrogens (primary N) is 1. The third-order valence-electron chi connectivity index (χ3n) is 3.12. The number of guanidine groups is 1. The van der Waals surface area contributed by atoms with E-state index in [2.05, 4.69) is 10.3 Å². The van der Waals surface area contributed by atoms with Crippen LogP contribution in [0.5, 0.6) is 5.75 Å². The number of methoxy groups -OCH3 is 1. The lowest BCUT2D eigenvalue weighted by Gasteiger charge is -2.33. The lowest BCUT2D eigenvalue weighted by Crippen LogP contribution is -2.37. The summed E-state index contributed by atoms with van der Waals surface area (Å²) in [6.07, 6.45) is -0.226. The van der Waals surface area contributed by atoms with Crippen molar-refractivity contribution in [2.45, 2.75) is 18.8 Å². The van der Waals surface area contributed by atoms with Gasteiger partial charge in [0.1, 0.15) is 5.75 Å². The van der Waals surface area contributed by atoms with Gasteiger partial charge < -0.3 is 15.8 Å². The molecule has 1 aromatic carbocycles. The summed E-state index contributed by atoms with van der Waals surface area (Å²) in [5.74, 6) is -1.87. The summed E-state index contributed by atoms with van der Waals surface area (Å²) in [5.41, 5.74) is 6.36. The van der Waals surface area contributed by atoms with Crippen LogP contribution in [0.15, 0.2) is 23.2 Å². The van der Waals surface area contributed by atoms with Gasteiger partial charge in [0.2, 0.25) is 5.92 Å². The van der Waals surface area contributed by atoms with Gasteiger partial charge in [0.05, 0.1) is 12.1 Å². The Hall–Kier alpha value is -0.830. The van der Waals surface area contributed by atoms with Gasteiger partial charge in [-0.25, -0.2) is 8.78 Å². The van der Waals surface area contributed by atoms with Gasteiger partial charge >= 0.3 is 0 Å². The zero-order chi connectivity index (χ0) is 14.8. The van der Waals surface area contributed by atoms with E-state index in [1.807, 2.05) is 0 Å². The molecule has 0 aromatic heterocycles. The van der Waals surface area contributed by atoms with Crippen molar-refractivity contribution in [3.05, 3.63) is 23.2 Å². The number of benzene rings is 1. The molecule has 0 aliphatic heterocycles. The smallest absolute Gasteiger partial charge is 0.248 e. The van der Waals surface area contributed by atoms with E-state index in [-0.39, 0.29) is 48.7 Å². The minimum absolute atomic E-state index is 0. The molecule has 0 radical (unpaired) electrons. The van der Waals surface area contributed by atoms with Crippen LogP contribution in [0.25, 0.3) is 0 Å². The van der Waals surface area contributed by atoms with Crippen LogP contribution < -0.4 is 15.8 Å². The molecule has 118 valence electrons. The first kappa shape index (κ1) is 18.2. The zero-order valence-corrected chi connectivity index (χ0v) is 14.5. The Bertz CT molecular complexity index is 520. The van der Waals surface area contributed by atoms with Gasteiger partial charge in [-0.1, -0.05) is 11.6 Å². The van der Waals surface area contributed by atoms with Crippen molar-refractivity contribution < 1.29 is 13.5 Å². The average molecular weight is 432 g/mol. The van der Waals surface area contributed by atoms with Crippen LogP contribution in [0.3, 0.4) is 0 Å². The van der Waals surface area contributed by atoms with Crippen molar-refractivity contribution in [1.29, 1.82) is 0 Å². The first-order valence-electron chi connectivity index (χ1n) is 6.18. The normalized spacial score (nSPS) is 17.6. The predicted molar refractivity (Wildman–Crippen MR) is 91.2 cm³/mol. The molecule has 0 saturated heterocycles. The van der Waals surface area contributed by atoms with Gasteiger partial charge in [0, 0.05) is 25.1 Å². The van der Waals surface area contributed by atoms with Gasteiger partial charge in [-0.3, -0.25) is 4.99 Å². The summed E-state index contributed by atoms with van der Waals surface area (Å²) in [4.78, 5) is 4.05. The molecule has 0 atom stereocenters. The Kier molecular flexibility index (Phi) is 6.45. The zero-order valence-electron chi connectivity index (χ0n) is 11.4. The van der Waals surface area contributed by atoms with Crippen molar-refractivity contribution in [2.24, 2.45) is 16.6 Å². The maximum absolute atomic E-state index is 12.7. The summed E-state index contributed by atoms with van der Waals surface area (Å²) >= 11 is 5.97. The SMILES string of the molecule is COc1ccc(NC(N)=NCC2CC(F)(F)C2)cc1Cl.I. The lowest BCUT2D eigenvalue weighted by atomic mass is 9.81. The Labute approximate surface area is 144 Å². The molecule has 21 heavy (non-hydrogen) atoms. The first-order chi connectivity index (χ1) is 9.39. The highest BCUT2D eigenvalue weighted by molar-refractivity contribution is 14.0. The van der Waals surface area contributed by atoms with Gasteiger partial charge in [-0.15, -0.1) is 24.0 Å². The number of hydrogen-bond acceptors (Lipinski definition) is 2. The number of nitrogens with zero attached hydrogens (tertiary/aromatic N) is 1. The molecule has 1 saturated carbocycles. The van der Waals surface area contributed by atoms with E-state index < -0.39 is 5.92 Å². The molecule has 0 amide bonds. The third-order valence-corrected chi connectivity index (χ3v) is 3.41. The van der Waals surface area contributed by atoms with E-state index in [1.165, 1.54) is 7.11 Å². The molecular weight excluding hydrogens is 415 g/mol. The van der Waals surface area contributed by atoms with Crippen LogP contribution in [-0.4, -0.2) is 25.5 Å². The molecule has 1 fully saturated rings. The summed E-state index contributed by atoms with van der Waals surface area (Å²) in [6.45, 7) is 0.304. The van der Waals surface area contributed by atoms with Crippen molar-refractivity contribution >= 4 is 47.2 Å². The Morgan fingerprint density at radius 3 is 2.71 bits per heavy atom. The molecule has 1 aliphatic carbocycles. The quantitative estimate of drug-likeness (QED) is 0.434. The fourth-order valence-electron chi connectivity index (χ4n) is 2.07. The van der Waals surface area contributed by atoms with Crippen LogP contribution >= 0.6 is 35.6 Å². The van der Waals surface area contributed by atoms with Crippen molar-refractivity contribution in [3.63, 3.8) is 0 Å². The van der Waals surface area contributed by atoms with Crippen LogP contribution in [-0.2, 0) is 0 Å². The standard InChI is InChI=1S/C13H16ClF2N3O.HI/c1-20-11-3-2-9(4-10(11)14)19-12(17)18-7-8-5-13(15,16)6-8;/h2-4,8H,5-7H2,1H3,(H3,17,18,19);1H. The Morgan fingerprint density at radius 1 is 1.52 bits per heavy atom. The van der Waals surface area contributed by atoms with E-state index >= 15 is 0 Å². The molecular formula is C13H17ClF2IN3O. The monoisotopic (exact) mass is 431 g/mol.